The standard InChI is InChI=1S/C10H19NO3/c1-8(2)13-6-7-14-10(12)9-4-3-5-11-9/h8-9,11H,3-7H2,1-2H3/t9-/m1/s1. The fraction of sp³-hybridized carbons (Fsp3) is 0.900. The minimum absolute atomic E-state index is 0.0888. The normalized spacial score (nSPS) is 21.5. The maximum atomic E-state index is 11.3. The van der Waals surface area contributed by atoms with Crippen molar-refractivity contribution < 1.29 is 14.3 Å². The predicted molar refractivity (Wildman–Crippen MR) is 53.1 cm³/mol. The average Bonchev–Trinajstić information content (AvgIpc) is 2.64. The van der Waals surface area contributed by atoms with E-state index in [0.717, 1.165) is 19.4 Å². The maximum Gasteiger partial charge on any atom is 0.323 e. The van der Waals surface area contributed by atoms with Crippen molar-refractivity contribution in [3.05, 3.63) is 0 Å². The number of hydrogen-bond donors (Lipinski definition) is 1. The van der Waals surface area contributed by atoms with Gasteiger partial charge in [0, 0.05) is 0 Å². The molecule has 0 radical (unpaired) electrons. The van der Waals surface area contributed by atoms with Crippen LogP contribution >= 0.6 is 0 Å². The van der Waals surface area contributed by atoms with Crippen LogP contribution < -0.4 is 5.32 Å². The van der Waals surface area contributed by atoms with Crippen molar-refractivity contribution in [1.29, 1.82) is 0 Å². The second kappa shape index (κ2) is 5.98. The summed E-state index contributed by atoms with van der Waals surface area (Å²) >= 11 is 0. The van der Waals surface area contributed by atoms with E-state index in [-0.39, 0.29) is 18.1 Å². The molecule has 14 heavy (non-hydrogen) atoms. The molecule has 82 valence electrons. The van der Waals surface area contributed by atoms with Gasteiger partial charge in [-0.05, 0) is 33.2 Å². The van der Waals surface area contributed by atoms with Crippen molar-refractivity contribution in [2.45, 2.75) is 38.8 Å². The first-order chi connectivity index (χ1) is 6.70. The lowest BCUT2D eigenvalue weighted by Gasteiger charge is -2.11. The molecule has 1 aliphatic rings. The molecule has 0 aromatic rings. The first-order valence-corrected chi connectivity index (χ1v) is 5.22. The zero-order valence-electron chi connectivity index (χ0n) is 8.91. The van der Waals surface area contributed by atoms with E-state index in [1.807, 2.05) is 13.8 Å². The molecule has 1 atom stereocenters. The van der Waals surface area contributed by atoms with Gasteiger partial charge in [-0.1, -0.05) is 0 Å². The third kappa shape index (κ3) is 4.07. The molecule has 1 rings (SSSR count). The Bertz CT molecular complexity index is 176. The van der Waals surface area contributed by atoms with Gasteiger partial charge in [0.05, 0.1) is 12.7 Å². The highest BCUT2D eigenvalue weighted by Gasteiger charge is 2.22. The molecule has 1 aliphatic heterocycles. The van der Waals surface area contributed by atoms with Crippen LogP contribution in [0.3, 0.4) is 0 Å². The van der Waals surface area contributed by atoms with Crippen LogP contribution in [0.15, 0.2) is 0 Å². The third-order valence-electron chi connectivity index (χ3n) is 2.12. The molecule has 0 saturated carbocycles. The summed E-state index contributed by atoms with van der Waals surface area (Å²) in [5.41, 5.74) is 0. The summed E-state index contributed by atoms with van der Waals surface area (Å²) in [5, 5.41) is 3.09. The van der Waals surface area contributed by atoms with Gasteiger partial charge < -0.3 is 14.8 Å². The molecule has 1 fully saturated rings. The molecule has 4 heteroatoms. The SMILES string of the molecule is CC(C)OCCOC(=O)[C@H]1CCCN1. The number of esters is 1. The molecule has 1 heterocycles. The van der Waals surface area contributed by atoms with E-state index < -0.39 is 0 Å². The smallest absolute Gasteiger partial charge is 0.323 e. The monoisotopic (exact) mass is 201 g/mol. The van der Waals surface area contributed by atoms with Crippen LogP contribution in [0.4, 0.5) is 0 Å². The van der Waals surface area contributed by atoms with Gasteiger partial charge in [-0.3, -0.25) is 4.79 Å². The average molecular weight is 201 g/mol. The molecule has 0 spiro atoms. The molecular formula is C10H19NO3. The molecule has 1 saturated heterocycles. The fourth-order valence-corrected chi connectivity index (χ4v) is 1.41. The van der Waals surface area contributed by atoms with Crippen molar-refractivity contribution in [2.24, 2.45) is 0 Å². The van der Waals surface area contributed by atoms with Crippen LogP contribution in [0, 0.1) is 0 Å². The molecule has 0 aliphatic carbocycles. The summed E-state index contributed by atoms with van der Waals surface area (Å²) in [6.07, 6.45) is 2.14. The van der Waals surface area contributed by atoms with Crippen LogP contribution in [0.25, 0.3) is 0 Å². The number of ether oxygens (including phenoxy) is 2. The quantitative estimate of drug-likeness (QED) is 0.525. The van der Waals surface area contributed by atoms with E-state index in [4.69, 9.17) is 9.47 Å². The molecule has 1 N–H and O–H groups in total. The van der Waals surface area contributed by atoms with Gasteiger partial charge >= 0.3 is 5.97 Å². The number of rotatable bonds is 5. The Labute approximate surface area is 85.0 Å². The molecule has 0 unspecified atom stereocenters. The van der Waals surface area contributed by atoms with E-state index in [0.29, 0.717) is 13.2 Å². The molecule has 0 bridgehead atoms. The van der Waals surface area contributed by atoms with Crippen molar-refractivity contribution in [1.82, 2.24) is 5.32 Å². The van der Waals surface area contributed by atoms with Crippen molar-refractivity contribution in [3.63, 3.8) is 0 Å². The van der Waals surface area contributed by atoms with Gasteiger partial charge in [0.2, 0.25) is 0 Å². The second-order valence-electron chi connectivity index (χ2n) is 3.74. The zero-order valence-corrected chi connectivity index (χ0v) is 8.91. The highest BCUT2D eigenvalue weighted by Crippen LogP contribution is 2.06. The Morgan fingerprint density at radius 2 is 2.29 bits per heavy atom. The molecule has 4 nitrogen and oxygen atoms in total. The van der Waals surface area contributed by atoms with Crippen LogP contribution in [0.5, 0.6) is 0 Å². The zero-order chi connectivity index (χ0) is 10.4. The van der Waals surface area contributed by atoms with Crippen molar-refractivity contribution >= 4 is 5.97 Å². The Kier molecular flexibility index (Phi) is 4.90. The number of carbonyl (C=O) groups excluding carboxylic acids is 1. The van der Waals surface area contributed by atoms with Crippen LogP contribution in [0.1, 0.15) is 26.7 Å². The number of carbonyl (C=O) groups is 1. The Balaban J connectivity index is 2.03. The summed E-state index contributed by atoms with van der Waals surface area (Å²) < 4.78 is 10.3. The van der Waals surface area contributed by atoms with Gasteiger partial charge in [0.25, 0.3) is 0 Å². The lowest BCUT2D eigenvalue weighted by atomic mass is 10.2. The lowest BCUT2D eigenvalue weighted by molar-refractivity contribution is -0.147. The first-order valence-electron chi connectivity index (χ1n) is 5.22. The molecular weight excluding hydrogens is 182 g/mol. The van der Waals surface area contributed by atoms with Gasteiger partial charge in [0.15, 0.2) is 0 Å². The van der Waals surface area contributed by atoms with Crippen molar-refractivity contribution in [3.8, 4) is 0 Å². The largest absolute Gasteiger partial charge is 0.462 e. The number of hydrogen-bond acceptors (Lipinski definition) is 4. The van der Waals surface area contributed by atoms with E-state index in [1.165, 1.54) is 0 Å². The lowest BCUT2D eigenvalue weighted by Crippen LogP contribution is -2.33. The van der Waals surface area contributed by atoms with Crippen LogP contribution in [-0.2, 0) is 14.3 Å². The minimum Gasteiger partial charge on any atom is -0.462 e. The molecule has 0 aromatic heterocycles. The maximum absolute atomic E-state index is 11.3. The van der Waals surface area contributed by atoms with E-state index >= 15 is 0 Å². The van der Waals surface area contributed by atoms with Gasteiger partial charge in [-0.15, -0.1) is 0 Å². The Morgan fingerprint density at radius 1 is 1.50 bits per heavy atom. The summed E-state index contributed by atoms with van der Waals surface area (Å²) in [6, 6.07) is -0.0888. The summed E-state index contributed by atoms with van der Waals surface area (Å²) in [4.78, 5) is 11.3. The number of nitrogens with one attached hydrogen (secondary N) is 1. The topological polar surface area (TPSA) is 47.6 Å². The predicted octanol–water partition coefficient (Wildman–Crippen LogP) is 0.707. The van der Waals surface area contributed by atoms with Gasteiger partial charge in [-0.2, -0.15) is 0 Å². The van der Waals surface area contributed by atoms with E-state index in [9.17, 15) is 4.79 Å². The first kappa shape index (κ1) is 11.5. The van der Waals surface area contributed by atoms with E-state index in [2.05, 4.69) is 5.32 Å². The second-order valence-corrected chi connectivity index (χ2v) is 3.74. The van der Waals surface area contributed by atoms with Crippen molar-refractivity contribution in [2.75, 3.05) is 19.8 Å². The highest BCUT2D eigenvalue weighted by atomic mass is 16.6. The van der Waals surface area contributed by atoms with Gasteiger partial charge in [0.1, 0.15) is 12.6 Å². The third-order valence-corrected chi connectivity index (χ3v) is 2.12. The summed E-state index contributed by atoms with van der Waals surface area (Å²) in [5.74, 6) is -0.144. The van der Waals surface area contributed by atoms with E-state index in [1.54, 1.807) is 0 Å². The fourth-order valence-electron chi connectivity index (χ4n) is 1.41. The van der Waals surface area contributed by atoms with Crippen LogP contribution in [-0.4, -0.2) is 37.9 Å². The molecule has 0 aromatic carbocycles. The Hall–Kier alpha value is -0.610. The van der Waals surface area contributed by atoms with Gasteiger partial charge in [-0.25, -0.2) is 0 Å². The summed E-state index contributed by atoms with van der Waals surface area (Å²) in [6.45, 7) is 5.67. The Morgan fingerprint density at radius 3 is 2.86 bits per heavy atom. The molecule has 0 amide bonds. The highest BCUT2D eigenvalue weighted by molar-refractivity contribution is 5.76. The van der Waals surface area contributed by atoms with Crippen LogP contribution in [0.2, 0.25) is 0 Å². The summed E-state index contributed by atoms with van der Waals surface area (Å²) in [7, 11) is 0. The minimum atomic E-state index is -0.144.